The van der Waals surface area contributed by atoms with Crippen molar-refractivity contribution >= 4 is 5.91 Å². The van der Waals surface area contributed by atoms with Crippen LogP contribution in [-0.2, 0) is 14.3 Å². The summed E-state index contributed by atoms with van der Waals surface area (Å²) in [4.78, 5) is 13.1. The third-order valence-corrected chi connectivity index (χ3v) is 14.0. The molecule has 0 aromatic carbocycles. The van der Waals surface area contributed by atoms with Crippen molar-refractivity contribution in [1.29, 1.82) is 0 Å². The Morgan fingerprint density at radius 2 is 0.875 bits per heavy atom. The van der Waals surface area contributed by atoms with Gasteiger partial charge in [0.2, 0.25) is 5.91 Å². The van der Waals surface area contributed by atoms with Gasteiger partial charge in [-0.3, -0.25) is 4.79 Å². The average molecular weight is 1010 g/mol. The second-order valence-electron chi connectivity index (χ2n) is 20.8. The number of hydrogen-bond acceptors (Lipinski definition) is 8. The molecule has 1 rings (SSSR count). The minimum atomic E-state index is -1.58. The number of ether oxygens (including phenoxy) is 2. The molecule has 9 heteroatoms. The molecule has 7 unspecified atom stereocenters. The van der Waals surface area contributed by atoms with Gasteiger partial charge in [0.15, 0.2) is 6.29 Å². The fourth-order valence-electron chi connectivity index (χ4n) is 9.28. The number of carbonyl (C=O) groups excluding carboxylic acids is 1. The summed E-state index contributed by atoms with van der Waals surface area (Å²) in [5.74, 6) is -0.192. The Bertz CT molecular complexity index is 1360. The number of unbranched alkanes of at least 4 members (excludes halogenated alkanes) is 31. The van der Waals surface area contributed by atoms with E-state index in [4.69, 9.17) is 9.47 Å². The van der Waals surface area contributed by atoms with Gasteiger partial charge in [0, 0.05) is 6.42 Å². The molecule has 6 N–H and O–H groups in total. The Balaban J connectivity index is 2.24. The van der Waals surface area contributed by atoms with E-state index in [1.165, 1.54) is 167 Å². The van der Waals surface area contributed by atoms with Gasteiger partial charge in [0.25, 0.3) is 0 Å². The van der Waals surface area contributed by atoms with Crippen LogP contribution in [0.4, 0.5) is 0 Å². The zero-order chi connectivity index (χ0) is 52.2. The number of aliphatic hydroxyl groups is 5. The van der Waals surface area contributed by atoms with Gasteiger partial charge in [-0.15, -0.1) is 0 Å². The van der Waals surface area contributed by atoms with Crippen molar-refractivity contribution in [1.82, 2.24) is 5.32 Å². The van der Waals surface area contributed by atoms with Crippen molar-refractivity contribution in [3.63, 3.8) is 0 Å². The van der Waals surface area contributed by atoms with Crippen molar-refractivity contribution in [2.24, 2.45) is 0 Å². The zero-order valence-electron chi connectivity index (χ0n) is 46.4. The van der Waals surface area contributed by atoms with E-state index in [1.54, 1.807) is 6.08 Å². The van der Waals surface area contributed by atoms with E-state index in [-0.39, 0.29) is 12.5 Å². The van der Waals surface area contributed by atoms with Crippen LogP contribution < -0.4 is 5.32 Å². The maximum absolute atomic E-state index is 13.1. The molecule has 1 aliphatic heterocycles. The van der Waals surface area contributed by atoms with Crippen LogP contribution in [0.5, 0.6) is 0 Å². The molecule has 7 atom stereocenters. The second-order valence-corrected chi connectivity index (χ2v) is 20.8. The minimum Gasteiger partial charge on any atom is -0.394 e. The van der Waals surface area contributed by atoms with E-state index < -0.39 is 49.5 Å². The van der Waals surface area contributed by atoms with Crippen molar-refractivity contribution in [2.75, 3.05) is 13.2 Å². The van der Waals surface area contributed by atoms with E-state index in [1.807, 2.05) is 6.08 Å². The lowest BCUT2D eigenvalue weighted by atomic mass is 9.99. The molecule has 72 heavy (non-hydrogen) atoms. The summed E-state index contributed by atoms with van der Waals surface area (Å²) in [5, 5.41) is 54.6. The molecule has 9 nitrogen and oxygen atoms in total. The smallest absolute Gasteiger partial charge is 0.220 e. The number of hydrogen-bond donors (Lipinski definition) is 6. The van der Waals surface area contributed by atoms with Crippen LogP contribution in [0.15, 0.2) is 72.9 Å². The molecule has 0 aliphatic carbocycles. The van der Waals surface area contributed by atoms with E-state index in [2.05, 4.69) is 79.9 Å². The third kappa shape index (κ3) is 40.9. The molecule has 0 aromatic rings. The van der Waals surface area contributed by atoms with E-state index in [9.17, 15) is 30.3 Å². The lowest BCUT2D eigenvalue weighted by Gasteiger charge is -2.40. The van der Waals surface area contributed by atoms with Crippen LogP contribution in [0.1, 0.15) is 264 Å². The van der Waals surface area contributed by atoms with Gasteiger partial charge in [0.05, 0.1) is 25.4 Å². The van der Waals surface area contributed by atoms with Gasteiger partial charge in [-0.05, 0) is 70.6 Å². The molecular formula is C63H113NO8. The van der Waals surface area contributed by atoms with Crippen molar-refractivity contribution < 1.29 is 39.8 Å². The van der Waals surface area contributed by atoms with Gasteiger partial charge in [-0.2, -0.15) is 0 Å². The Morgan fingerprint density at radius 1 is 0.486 bits per heavy atom. The summed E-state index contributed by atoms with van der Waals surface area (Å²) in [6.45, 7) is 3.67. The van der Waals surface area contributed by atoms with E-state index in [0.29, 0.717) is 6.42 Å². The number of amides is 1. The van der Waals surface area contributed by atoms with Gasteiger partial charge in [-0.25, -0.2) is 0 Å². The fourth-order valence-corrected chi connectivity index (χ4v) is 9.28. The van der Waals surface area contributed by atoms with Crippen molar-refractivity contribution in [3.05, 3.63) is 72.9 Å². The SMILES string of the molecule is CC/C=C\C/C=C\C/C=C\C/C=C\CCCCCCCCCCCCC(=O)NC(COC1OC(CO)C(O)C(O)C1O)C(O)/C=C/CC/C=C/CCCCCCCCCCCCCCCCCCCCCC. The minimum absolute atomic E-state index is 0.192. The quantitative estimate of drug-likeness (QED) is 0.0261. The lowest BCUT2D eigenvalue weighted by Crippen LogP contribution is -2.60. The monoisotopic (exact) mass is 1010 g/mol. The molecule has 1 saturated heterocycles. The summed E-state index contributed by atoms with van der Waals surface area (Å²) in [5.41, 5.74) is 0. The topological polar surface area (TPSA) is 149 Å². The average Bonchev–Trinajstić information content (AvgIpc) is 3.38. The van der Waals surface area contributed by atoms with Crippen LogP contribution in [0, 0.1) is 0 Å². The molecule has 0 spiro atoms. The van der Waals surface area contributed by atoms with Crippen molar-refractivity contribution in [3.8, 4) is 0 Å². The highest BCUT2D eigenvalue weighted by Crippen LogP contribution is 2.23. The standard InChI is InChI=1S/C63H113NO8/c1-3-5-7-9-11-13-15-17-19-21-23-25-27-28-29-31-32-34-36-38-40-42-44-46-48-50-52-57(66)56(55-71-63-62(70)61(69)60(68)58(54-65)72-63)64-59(67)53-51-49-47-45-43-41-39-37-35-33-30-26-24-22-20-18-16-14-12-10-8-6-4-2/h6,8,12,14,18,20,24,26,42,44,50,52,56-58,60-63,65-66,68-70H,3-5,7,9-11,13,15-17,19,21-23,25,27-41,43,45-49,51,53-55H2,1-2H3,(H,64,67)/b8-6-,14-12-,20-18-,26-24-,44-42+,52-50+. The summed E-state index contributed by atoms with van der Waals surface area (Å²) in [6, 6.07) is -0.829. The highest BCUT2D eigenvalue weighted by Gasteiger charge is 2.44. The van der Waals surface area contributed by atoms with Gasteiger partial charge in [-0.1, -0.05) is 260 Å². The Hall–Kier alpha value is -2.37. The lowest BCUT2D eigenvalue weighted by molar-refractivity contribution is -0.302. The molecule has 1 aliphatic rings. The molecule has 1 amide bonds. The number of nitrogens with one attached hydrogen (secondary N) is 1. The third-order valence-electron chi connectivity index (χ3n) is 14.0. The largest absolute Gasteiger partial charge is 0.394 e. The highest BCUT2D eigenvalue weighted by molar-refractivity contribution is 5.76. The summed E-state index contributed by atoms with van der Waals surface area (Å²) < 4.78 is 11.3. The number of carbonyl (C=O) groups is 1. The Labute approximate surface area is 442 Å². The summed E-state index contributed by atoms with van der Waals surface area (Å²) in [7, 11) is 0. The van der Waals surface area contributed by atoms with E-state index >= 15 is 0 Å². The molecule has 0 bridgehead atoms. The van der Waals surface area contributed by atoms with Crippen LogP contribution in [0.3, 0.4) is 0 Å². The molecule has 0 radical (unpaired) electrons. The molecular weight excluding hydrogens is 899 g/mol. The second kappa shape index (κ2) is 52.1. The molecule has 418 valence electrons. The summed E-state index contributed by atoms with van der Waals surface area (Å²) in [6.07, 6.45) is 65.5. The number of aliphatic hydroxyl groups excluding tert-OH is 5. The first kappa shape index (κ1) is 67.6. The predicted molar refractivity (Wildman–Crippen MR) is 304 cm³/mol. The molecule has 1 heterocycles. The van der Waals surface area contributed by atoms with Gasteiger partial charge < -0.3 is 40.3 Å². The molecule has 1 fully saturated rings. The zero-order valence-corrected chi connectivity index (χ0v) is 46.4. The first-order chi connectivity index (χ1) is 35.3. The van der Waals surface area contributed by atoms with Crippen LogP contribution >= 0.6 is 0 Å². The number of allylic oxidation sites excluding steroid dienone is 11. The maximum atomic E-state index is 13.1. The predicted octanol–water partition coefficient (Wildman–Crippen LogP) is 15.2. The maximum Gasteiger partial charge on any atom is 0.220 e. The van der Waals surface area contributed by atoms with Crippen LogP contribution in [0.25, 0.3) is 0 Å². The molecule has 0 aromatic heterocycles. The Kier molecular flexibility index (Phi) is 48.9. The highest BCUT2D eigenvalue weighted by atomic mass is 16.7. The van der Waals surface area contributed by atoms with Gasteiger partial charge in [0.1, 0.15) is 24.4 Å². The first-order valence-corrected chi connectivity index (χ1v) is 30.2. The molecule has 0 saturated carbocycles. The normalized spacial score (nSPS) is 19.7. The van der Waals surface area contributed by atoms with E-state index in [0.717, 1.165) is 77.0 Å². The fraction of sp³-hybridized carbons (Fsp3) is 0.794. The van der Waals surface area contributed by atoms with Crippen molar-refractivity contribution in [2.45, 2.75) is 307 Å². The Morgan fingerprint density at radius 3 is 1.33 bits per heavy atom. The van der Waals surface area contributed by atoms with Crippen LogP contribution in [0.2, 0.25) is 0 Å². The first-order valence-electron chi connectivity index (χ1n) is 30.2. The van der Waals surface area contributed by atoms with Crippen LogP contribution in [-0.4, -0.2) is 87.5 Å². The number of rotatable bonds is 51. The van der Waals surface area contributed by atoms with Gasteiger partial charge >= 0.3 is 0 Å². The summed E-state index contributed by atoms with van der Waals surface area (Å²) >= 11 is 0.